The molecule has 0 radical (unpaired) electrons. The second-order valence-electron chi connectivity index (χ2n) is 4.67. The van der Waals surface area contributed by atoms with Gasteiger partial charge in [-0.15, -0.1) is 6.42 Å². The van der Waals surface area contributed by atoms with Crippen molar-refractivity contribution in [2.45, 2.75) is 44.1 Å². The SMILES string of the molecule is C#CC12CCCC(NC(=O)O)(CC1)C2. The second-order valence-corrected chi connectivity index (χ2v) is 4.67. The standard InChI is InChI=1S/C11H15NO2/c1-2-10-4-3-5-11(8-10,7-6-10)12-9(13)14/h1,12H,3-8H2,(H,13,14). The zero-order chi connectivity index (χ0) is 10.2. The molecule has 3 nitrogen and oxygen atoms in total. The van der Waals surface area contributed by atoms with E-state index in [1.165, 1.54) is 0 Å². The van der Waals surface area contributed by atoms with E-state index in [1.54, 1.807) is 0 Å². The molecule has 0 saturated heterocycles. The average molecular weight is 193 g/mol. The van der Waals surface area contributed by atoms with E-state index in [2.05, 4.69) is 11.2 Å². The molecule has 0 heterocycles. The molecule has 0 aliphatic heterocycles. The Morgan fingerprint density at radius 2 is 2.14 bits per heavy atom. The molecule has 2 N–H and O–H groups in total. The molecule has 2 bridgehead atoms. The van der Waals surface area contributed by atoms with E-state index in [1.807, 2.05) is 0 Å². The third-order valence-corrected chi connectivity index (χ3v) is 3.75. The summed E-state index contributed by atoms with van der Waals surface area (Å²) >= 11 is 0. The highest BCUT2D eigenvalue weighted by Crippen LogP contribution is 2.53. The molecule has 2 atom stereocenters. The van der Waals surface area contributed by atoms with Crippen LogP contribution in [0.5, 0.6) is 0 Å². The van der Waals surface area contributed by atoms with E-state index < -0.39 is 6.09 Å². The monoisotopic (exact) mass is 193 g/mol. The maximum absolute atomic E-state index is 10.7. The molecule has 2 saturated carbocycles. The number of carboxylic acid groups (broad SMARTS) is 1. The van der Waals surface area contributed by atoms with Crippen molar-refractivity contribution in [2.75, 3.05) is 0 Å². The molecular weight excluding hydrogens is 178 g/mol. The van der Waals surface area contributed by atoms with Crippen LogP contribution in [0, 0.1) is 17.8 Å². The maximum atomic E-state index is 10.7. The summed E-state index contributed by atoms with van der Waals surface area (Å²) in [6, 6.07) is 0. The first-order valence-electron chi connectivity index (χ1n) is 5.09. The molecule has 2 rings (SSSR count). The van der Waals surface area contributed by atoms with Crippen LogP contribution < -0.4 is 5.32 Å². The van der Waals surface area contributed by atoms with Crippen molar-refractivity contribution >= 4 is 6.09 Å². The van der Waals surface area contributed by atoms with Crippen LogP contribution in [-0.2, 0) is 0 Å². The van der Waals surface area contributed by atoms with Crippen molar-refractivity contribution in [3.8, 4) is 12.3 Å². The summed E-state index contributed by atoms with van der Waals surface area (Å²) in [5, 5.41) is 11.4. The predicted molar refractivity (Wildman–Crippen MR) is 52.9 cm³/mol. The normalized spacial score (nSPS) is 40.2. The number of amides is 1. The van der Waals surface area contributed by atoms with E-state index >= 15 is 0 Å². The van der Waals surface area contributed by atoms with Crippen LogP contribution in [0.1, 0.15) is 38.5 Å². The van der Waals surface area contributed by atoms with Crippen molar-refractivity contribution in [1.82, 2.24) is 5.32 Å². The van der Waals surface area contributed by atoms with Crippen LogP contribution in [0.15, 0.2) is 0 Å². The Bertz CT molecular complexity index is 307. The molecule has 0 aromatic carbocycles. The molecule has 0 aromatic heterocycles. The fraction of sp³-hybridized carbons (Fsp3) is 0.727. The molecular formula is C11H15NO2. The Morgan fingerprint density at radius 1 is 1.36 bits per heavy atom. The highest BCUT2D eigenvalue weighted by molar-refractivity contribution is 5.65. The van der Waals surface area contributed by atoms with Crippen LogP contribution in [0.4, 0.5) is 4.79 Å². The van der Waals surface area contributed by atoms with Gasteiger partial charge in [0.05, 0.1) is 0 Å². The molecule has 2 aliphatic rings. The molecule has 3 heteroatoms. The number of nitrogens with one attached hydrogen (secondary N) is 1. The first-order valence-corrected chi connectivity index (χ1v) is 5.09. The molecule has 1 amide bonds. The lowest BCUT2D eigenvalue weighted by Gasteiger charge is -2.36. The van der Waals surface area contributed by atoms with Crippen LogP contribution in [0.2, 0.25) is 0 Å². The first kappa shape index (κ1) is 9.39. The van der Waals surface area contributed by atoms with Gasteiger partial charge in [-0.1, -0.05) is 5.92 Å². The van der Waals surface area contributed by atoms with E-state index in [4.69, 9.17) is 11.5 Å². The number of hydrogen-bond acceptors (Lipinski definition) is 1. The lowest BCUT2D eigenvalue weighted by atomic mass is 9.73. The third kappa shape index (κ3) is 1.35. The molecule has 0 spiro atoms. The van der Waals surface area contributed by atoms with E-state index in [9.17, 15) is 4.79 Å². The molecule has 14 heavy (non-hydrogen) atoms. The fourth-order valence-corrected chi connectivity index (χ4v) is 3.09. The lowest BCUT2D eigenvalue weighted by Crippen LogP contribution is -2.48. The Labute approximate surface area is 83.9 Å². The van der Waals surface area contributed by atoms with Crippen molar-refractivity contribution in [2.24, 2.45) is 5.41 Å². The molecule has 2 fully saturated rings. The third-order valence-electron chi connectivity index (χ3n) is 3.75. The Morgan fingerprint density at radius 3 is 2.79 bits per heavy atom. The zero-order valence-electron chi connectivity index (χ0n) is 8.18. The van der Waals surface area contributed by atoms with Crippen LogP contribution in [0.25, 0.3) is 0 Å². The van der Waals surface area contributed by atoms with Crippen molar-refractivity contribution < 1.29 is 9.90 Å². The summed E-state index contributed by atoms with van der Waals surface area (Å²) in [5.74, 6) is 2.87. The van der Waals surface area contributed by atoms with Gasteiger partial charge in [-0.05, 0) is 38.5 Å². The van der Waals surface area contributed by atoms with Gasteiger partial charge in [0, 0.05) is 11.0 Å². The van der Waals surface area contributed by atoms with Crippen molar-refractivity contribution in [1.29, 1.82) is 0 Å². The highest BCUT2D eigenvalue weighted by Gasteiger charge is 2.50. The Balaban J connectivity index is 2.17. The van der Waals surface area contributed by atoms with Crippen molar-refractivity contribution in [3.63, 3.8) is 0 Å². The lowest BCUT2D eigenvalue weighted by molar-refractivity contribution is 0.161. The zero-order valence-corrected chi connectivity index (χ0v) is 8.18. The van der Waals surface area contributed by atoms with Gasteiger partial charge in [0.2, 0.25) is 0 Å². The largest absolute Gasteiger partial charge is 0.465 e. The maximum Gasteiger partial charge on any atom is 0.405 e. The average Bonchev–Trinajstić information content (AvgIpc) is 2.38. The number of fused-ring (bicyclic) bond motifs is 2. The summed E-state index contributed by atoms with van der Waals surface area (Å²) in [7, 11) is 0. The Kier molecular flexibility index (Phi) is 1.95. The van der Waals surface area contributed by atoms with Crippen LogP contribution in [0.3, 0.4) is 0 Å². The summed E-state index contributed by atoms with van der Waals surface area (Å²) < 4.78 is 0. The number of carbonyl (C=O) groups is 1. The minimum Gasteiger partial charge on any atom is -0.465 e. The second kappa shape index (κ2) is 2.91. The van der Waals surface area contributed by atoms with Gasteiger partial charge in [-0.3, -0.25) is 0 Å². The van der Waals surface area contributed by atoms with E-state index in [0.29, 0.717) is 0 Å². The van der Waals surface area contributed by atoms with Gasteiger partial charge >= 0.3 is 6.09 Å². The summed E-state index contributed by atoms with van der Waals surface area (Å²) in [6.07, 6.45) is 10.4. The molecule has 76 valence electrons. The van der Waals surface area contributed by atoms with Gasteiger partial charge in [-0.25, -0.2) is 4.79 Å². The van der Waals surface area contributed by atoms with Gasteiger partial charge in [0.1, 0.15) is 0 Å². The molecule has 2 aliphatic carbocycles. The number of terminal acetylenes is 1. The van der Waals surface area contributed by atoms with Gasteiger partial charge in [0.15, 0.2) is 0 Å². The van der Waals surface area contributed by atoms with Gasteiger partial charge < -0.3 is 10.4 Å². The molecule has 0 aromatic rings. The highest BCUT2D eigenvalue weighted by atomic mass is 16.4. The van der Waals surface area contributed by atoms with Crippen LogP contribution >= 0.6 is 0 Å². The predicted octanol–water partition coefficient (Wildman–Crippen LogP) is 1.98. The quantitative estimate of drug-likeness (QED) is 0.625. The smallest absolute Gasteiger partial charge is 0.405 e. The molecule has 2 unspecified atom stereocenters. The Hall–Kier alpha value is -1.17. The number of hydrogen-bond donors (Lipinski definition) is 2. The van der Waals surface area contributed by atoms with Crippen LogP contribution in [-0.4, -0.2) is 16.7 Å². The summed E-state index contributed by atoms with van der Waals surface area (Å²) in [4.78, 5) is 10.7. The summed E-state index contributed by atoms with van der Waals surface area (Å²) in [5.41, 5.74) is -0.225. The fourth-order valence-electron chi connectivity index (χ4n) is 3.09. The van der Waals surface area contributed by atoms with E-state index in [-0.39, 0.29) is 11.0 Å². The van der Waals surface area contributed by atoms with E-state index in [0.717, 1.165) is 38.5 Å². The minimum absolute atomic E-state index is 0.0132. The van der Waals surface area contributed by atoms with Crippen molar-refractivity contribution in [3.05, 3.63) is 0 Å². The number of rotatable bonds is 1. The summed E-state index contributed by atoms with van der Waals surface area (Å²) in [6.45, 7) is 0. The van der Waals surface area contributed by atoms with Gasteiger partial charge in [-0.2, -0.15) is 0 Å². The first-order chi connectivity index (χ1) is 6.60. The topological polar surface area (TPSA) is 49.3 Å². The minimum atomic E-state index is -0.917. The van der Waals surface area contributed by atoms with Gasteiger partial charge in [0.25, 0.3) is 0 Å².